The maximum Gasteiger partial charge on any atom is 0.220 e. The highest BCUT2D eigenvalue weighted by Crippen LogP contribution is 2.32. The lowest BCUT2D eigenvalue weighted by atomic mass is 9.82. The smallest absolute Gasteiger partial charge is 0.220 e. The van der Waals surface area contributed by atoms with Crippen LogP contribution < -0.4 is 26.6 Å². The van der Waals surface area contributed by atoms with Crippen molar-refractivity contribution in [3.8, 4) is 0 Å². The van der Waals surface area contributed by atoms with Crippen LogP contribution in [0.2, 0.25) is 0 Å². The largest absolute Gasteiger partial charge is 0.356 e. The number of carbonyl (C=O) groups excluding carboxylic acids is 2. The van der Waals surface area contributed by atoms with E-state index in [4.69, 9.17) is 0 Å². The van der Waals surface area contributed by atoms with Crippen LogP contribution in [0.4, 0.5) is 0 Å². The van der Waals surface area contributed by atoms with E-state index in [1.165, 1.54) is 206 Å². The Bertz CT molecular complexity index is 1060. The first-order valence-corrected chi connectivity index (χ1v) is 28.2. The molecular formula is C52H101N5O2S2. The van der Waals surface area contributed by atoms with Gasteiger partial charge in [0, 0.05) is 50.1 Å². The number of nitrogens with one attached hydrogen (secondary N) is 5. The molecule has 358 valence electrons. The zero-order valence-electron chi connectivity index (χ0n) is 40.1. The lowest BCUT2D eigenvalue weighted by Gasteiger charge is -2.33. The van der Waals surface area contributed by atoms with Crippen molar-refractivity contribution in [3.63, 3.8) is 0 Å². The van der Waals surface area contributed by atoms with Crippen molar-refractivity contribution in [1.82, 2.24) is 26.6 Å². The molecule has 0 spiro atoms. The summed E-state index contributed by atoms with van der Waals surface area (Å²) in [5, 5.41) is 18.0. The molecule has 0 bridgehead atoms. The average molecular weight is 893 g/mol. The fraction of sp³-hybridized carbons (Fsp3) is 0.962. The first-order valence-electron chi connectivity index (χ1n) is 26.9. The summed E-state index contributed by atoms with van der Waals surface area (Å²) in [5.41, 5.74) is 0. The fourth-order valence-electron chi connectivity index (χ4n) is 10.2. The van der Waals surface area contributed by atoms with E-state index >= 15 is 0 Å². The van der Waals surface area contributed by atoms with Crippen LogP contribution in [0.3, 0.4) is 0 Å². The molecule has 0 aromatic rings. The summed E-state index contributed by atoms with van der Waals surface area (Å²) in [6.07, 6.45) is 43.7. The third kappa shape index (κ3) is 27.6. The van der Waals surface area contributed by atoms with Gasteiger partial charge in [-0.25, -0.2) is 0 Å². The van der Waals surface area contributed by atoms with Gasteiger partial charge in [-0.1, -0.05) is 129 Å². The molecule has 0 aromatic carbocycles. The van der Waals surface area contributed by atoms with Gasteiger partial charge in [-0.15, -0.1) is 0 Å². The Kier molecular flexibility index (Phi) is 33.0. The first-order chi connectivity index (χ1) is 29.9. The molecule has 3 aliphatic rings. The van der Waals surface area contributed by atoms with Crippen LogP contribution in [0.25, 0.3) is 0 Å². The zero-order chi connectivity index (χ0) is 43.6. The Morgan fingerprint density at radius 1 is 0.459 bits per heavy atom. The lowest BCUT2D eigenvalue weighted by Crippen LogP contribution is -2.42. The molecule has 9 heteroatoms. The van der Waals surface area contributed by atoms with E-state index in [1.807, 2.05) is 0 Å². The van der Waals surface area contributed by atoms with Crippen LogP contribution in [0, 0.1) is 23.7 Å². The average Bonchev–Trinajstić information content (AvgIpc) is 3.19. The molecule has 0 saturated heterocycles. The van der Waals surface area contributed by atoms with Gasteiger partial charge < -0.3 is 26.6 Å². The number of amides is 2. The number of thiol groups is 2. The summed E-state index contributed by atoms with van der Waals surface area (Å²) in [6, 6.07) is 2.96. The summed E-state index contributed by atoms with van der Waals surface area (Å²) in [4.78, 5) is 24.2. The molecule has 3 aliphatic carbocycles. The van der Waals surface area contributed by atoms with E-state index < -0.39 is 0 Å². The highest BCUT2D eigenvalue weighted by Gasteiger charge is 2.24. The molecule has 5 unspecified atom stereocenters. The minimum atomic E-state index is 0.146. The van der Waals surface area contributed by atoms with Crippen LogP contribution in [0.1, 0.15) is 232 Å². The van der Waals surface area contributed by atoms with Crippen LogP contribution in [0.5, 0.6) is 0 Å². The maximum absolute atomic E-state index is 12.1. The monoisotopic (exact) mass is 892 g/mol. The van der Waals surface area contributed by atoms with E-state index in [-0.39, 0.29) is 11.8 Å². The summed E-state index contributed by atoms with van der Waals surface area (Å²) < 4.78 is 0. The molecule has 0 heterocycles. The van der Waals surface area contributed by atoms with Crippen molar-refractivity contribution in [2.45, 2.75) is 256 Å². The zero-order valence-corrected chi connectivity index (χ0v) is 41.9. The third-order valence-electron chi connectivity index (χ3n) is 15.2. The van der Waals surface area contributed by atoms with Crippen molar-refractivity contribution in [2.75, 3.05) is 37.7 Å². The normalized spacial score (nSPS) is 18.4. The van der Waals surface area contributed by atoms with E-state index in [1.54, 1.807) is 0 Å². The first kappa shape index (κ1) is 54.9. The van der Waals surface area contributed by atoms with Crippen molar-refractivity contribution in [2.24, 2.45) is 23.7 Å². The molecule has 0 radical (unpaired) electrons. The predicted octanol–water partition coefficient (Wildman–Crippen LogP) is 12.1. The summed E-state index contributed by atoms with van der Waals surface area (Å²) in [6.45, 7) is 8.83. The van der Waals surface area contributed by atoms with Crippen molar-refractivity contribution in [1.29, 1.82) is 0 Å². The van der Waals surface area contributed by atoms with Crippen LogP contribution in [-0.4, -0.2) is 73.7 Å². The van der Waals surface area contributed by atoms with Crippen molar-refractivity contribution < 1.29 is 9.59 Å². The number of hydrogen-bond acceptors (Lipinski definition) is 7. The van der Waals surface area contributed by atoms with E-state index in [0.29, 0.717) is 30.4 Å². The molecule has 7 nitrogen and oxygen atoms in total. The molecule has 0 aromatic heterocycles. The molecule has 3 saturated carbocycles. The van der Waals surface area contributed by atoms with Gasteiger partial charge in [-0.3, -0.25) is 9.59 Å². The molecule has 3 fully saturated rings. The SMILES string of the molecule is CCCC(CCCCNC1CCC1)CCC(CCCCNC(=O)CCS)CCC(CCC(CCCCNC(=O)CCS)CCC(CC)CCCCNC1CCC1)NC1CCC1. The van der Waals surface area contributed by atoms with Gasteiger partial charge in [0.25, 0.3) is 0 Å². The van der Waals surface area contributed by atoms with Crippen LogP contribution in [-0.2, 0) is 9.59 Å². The van der Waals surface area contributed by atoms with Crippen molar-refractivity contribution in [3.05, 3.63) is 0 Å². The fourth-order valence-corrected chi connectivity index (χ4v) is 10.6. The van der Waals surface area contributed by atoms with Gasteiger partial charge in [0.15, 0.2) is 0 Å². The number of hydrogen-bond donors (Lipinski definition) is 7. The molecule has 3 rings (SSSR count). The Hall–Kier alpha value is -0.480. The van der Waals surface area contributed by atoms with E-state index in [2.05, 4.69) is 65.7 Å². The molecule has 0 aliphatic heterocycles. The van der Waals surface area contributed by atoms with Gasteiger partial charge >= 0.3 is 0 Å². The number of carbonyl (C=O) groups is 2. The second-order valence-corrected chi connectivity index (χ2v) is 21.2. The second-order valence-electron chi connectivity index (χ2n) is 20.3. The summed E-state index contributed by atoms with van der Waals surface area (Å²) in [7, 11) is 0. The van der Waals surface area contributed by atoms with E-state index in [9.17, 15) is 9.59 Å². The van der Waals surface area contributed by atoms with Crippen LogP contribution >= 0.6 is 25.3 Å². The van der Waals surface area contributed by atoms with Gasteiger partial charge in [0.05, 0.1) is 0 Å². The predicted molar refractivity (Wildman–Crippen MR) is 270 cm³/mol. The lowest BCUT2D eigenvalue weighted by molar-refractivity contribution is -0.121. The molecule has 61 heavy (non-hydrogen) atoms. The maximum atomic E-state index is 12.1. The Balaban J connectivity index is 1.55. The summed E-state index contributed by atoms with van der Waals surface area (Å²) >= 11 is 8.49. The third-order valence-corrected chi connectivity index (χ3v) is 15.7. The molecule has 5 atom stereocenters. The topological polar surface area (TPSA) is 94.3 Å². The van der Waals surface area contributed by atoms with Gasteiger partial charge in [-0.05, 0) is 138 Å². The Morgan fingerprint density at radius 2 is 0.836 bits per heavy atom. The standard InChI is InChI=1S/C52H101N5O2S2/c1-3-16-44(18-6-10-38-54-48-23-14-24-48)29-30-46(20-8-12-40-56-52(59)36-42-61)32-34-50(57-49-25-15-26-49)33-31-45(19-7-11-39-55-51(58)35-41-60)28-27-43(4-2)17-5-9-37-53-47-21-13-22-47/h43-50,53-54,57,60-61H,3-42H2,1-2H3,(H,55,58)(H,56,59). The van der Waals surface area contributed by atoms with Gasteiger partial charge in [-0.2, -0.15) is 25.3 Å². The minimum absolute atomic E-state index is 0.146. The highest BCUT2D eigenvalue weighted by molar-refractivity contribution is 7.80. The van der Waals surface area contributed by atoms with Gasteiger partial charge in [0.1, 0.15) is 0 Å². The number of unbranched alkanes of at least 4 members (excludes halogenated alkanes) is 4. The molecule has 5 N–H and O–H groups in total. The van der Waals surface area contributed by atoms with E-state index in [0.717, 1.165) is 67.7 Å². The minimum Gasteiger partial charge on any atom is -0.356 e. The number of rotatable bonds is 43. The quantitative estimate of drug-likeness (QED) is 0.0245. The van der Waals surface area contributed by atoms with Crippen LogP contribution in [0.15, 0.2) is 0 Å². The second kappa shape index (κ2) is 36.7. The summed E-state index contributed by atoms with van der Waals surface area (Å²) in [5.74, 6) is 4.81. The molecule has 2 amide bonds. The van der Waals surface area contributed by atoms with Gasteiger partial charge in [0.2, 0.25) is 11.8 Å². The Morgan fingerprint density at radius 3 is 1.21 bits per heavy atom. The molecular weight excluding hydrogens is 791 g/mol. The highest BCUT2D eigenvalue weighted by atomic mass is 32.1. The Labute approximate surface area is 389 Å². The van der Waals surface area contributed by atoms with Crippen molar-refractivity contribution >= 4 is 37.1 Å².